The molecule has 0 saturated carbocycles. The number of benzene rings is 1. The number of carbonyl (C=O) groups excluding carboxylic acids is 2. The maximum Gasteiger partial charge on any atom is 0.260 e. The van der Waals surface area contributed by atoms with Gasteiger partial charge < -0.3 is 15.5 Å². The minimum atomic E-state index is -0.497. The molecule has 4 aromatic rings. The number of fused-ring (bicyclic) bond motifs is 1. The van der Waals surface area contributed by atoms with Gasteiger partial charge in [0, 0.05) is 48.9 Å². The largest absolute Gasteiger partial charge is 0.365 e. The van der Waals surface area contributed by atoms with E-state index in [1.165, 1.54) is 17.5 Å². The molecule has 0 aliphatic carbocycles. The van der Waals surface area contributed by atoms with Crippen molar-refractivity contribution in [1.29, 1.82) is 0 Å². The third kappa shape index (κ3) is 4.63. The van der Waals surface area contributed by atoms with E-state index in [4.69, 9.17) is 5.73 Å². The molecule has 0 radical (unpaired) electrons. The van der Waals surface area contributed by atoms with Gasteiger partial charge >= 0.3 is 0 Å². The maximum atomic E-state index is 13.0. The van der Waals surface area contributed by atoms with Gasteiger partial charge in [-0.2, -0.15) is 10.2 Å². The van der Waals surface area contributed by atoms with Crippen molar-refractivity contribution in [2.45, 2.75) is 6.42 Å². The summed E-state index contributed by atoms with van der Waals surface area (Å²) in [5, 5.41) is 10.1. The molecule has 1 aliphatic heterocycles. The Morgan fingerprint density at radius 1 is 1.03 bits per heavy atom. The average molecular weight is 474 g/mol. The number of Topliss-reactive ketones (excluding diaryl/α,β-unsaturated/α-hetero) is 1. The van der Waals surface area contributed by atoms with Crippen LogP contribution in [0.2, 0.25) is 0 Å². The van der Waals surface area contributed by atoms with Gasteiger partial charge in [-0.25, -0.2) is 9.97 Å². The van der Waals surface area contributed by atoms with E-state index in [2.05, 4.69) is 37.0 Å². The molecule has 10 heteroatoms. The van der Waals surface area contributed by atoms with Gasteiger partial charge in [0.15, 0.2) is 5.78 Å². The number of rotatable bonds is 6. The topological polar surface area (TPSA) is 118 Å². The van der Waals surface area contributed by atoms with Crippen LogP contribution >= 0.6 is 11.3 Å². The highest BCUT2D eigenvalue weighted by atomic mass is 32.1. The Morgan fingerprint density at radius 3 is 2.62 bits per heavy atom. The first-order valence-electron chi connectivity index (χ1n) is 10.9. The first kappa shape index (κ1) is 22.1. The number of thiazole rings is 1. The van der Waals surface area contributed by atoms with Crippen LogP contribution in [-0.2, 0) is 6.42 Å². The molecule has 1 aromatic carbocycles. The molecular weight excluding hydrogens is 450 g/mol. The molecule has 1 amide bonds. The van der Waals surface area contributed by atoms with Crippen molar-refractivity contribution >= 4 is 39.7 Å². The van der Waals surface area contributed by atoms with Crippen molar-refractivity contribution in [3.8, 4) is 10.6 Å². The van der Waals surface area contributed by atoms with Crippen molar-refractivity contribution in [2.24, 2.45) is 5.73 Å². The van der Waals surface area contributed by atoms with Gasteiger partial charge in [0.2, 0.25) is 0 Å². The van der Waals surface area contributed by atoms with Crippen molar-refractivity contribution in [2.75, 3.05) is 38.1 Å². The normalized spacial score (nSPS) is 14.4. The predicted molar refractivity (Wildman–Crippen MR) is 131 cm³/mol. The Kier molecular flexibility index (Phi) is 5.99. The zero-order valence-electron chi connectivity index (χ0n) is 18.6. The molecule has 9 nitrogen and oxygen atoms in total. The summed E-state index contributed by atoms with van der Waals surface area (Å²) in [6, 6.07) is 11.1. The Labute approximate surface area is 200 Å². The van der Waals surface area contributed by atoms with Gasteiger partial charge in [-0.05, 0) is 43.4 Å². The quantitative estimate of drug-likeness (QED) is 0.424. The van der Waals surface area contributed by atoms with Crippen LogP contribution in [0.4, 0.5) is 5.82 Å². The molecule has 0 unspecified atom stereocenters. The second kappa shape index (κ2) is 9.24. The van der Waals surface area contributed by atoms with Crippen LogP contribution in [0.25, 0.3) is 21.5 Å². The van der Waals surface area contributed by atoms with E-state index in [1.54, 1.807) is 12.3 Å². The monoisotopic (exact) mass is 473 g/mol. The Hall–Kier alpha value is -3.76. The lowest BCUT2D eigenvalue weighted by Gasteiger charge is -2.33. The van der Waals surface area contributed by atoms with E-state index in [9.17, 15) is 9.59 Å². The van der Waals surface area contributed by atoms with Crippen LogP contribution in [0.1, 0.15) is 25.7 Å². The van der Waals surface area contributed by atoms with Crippen LogP contribution in [0.3, 0.4) is 0 Å². The highest BCUT2D eigenvalue weighted by Gasteiger charge is 2.17. The van der Waals surface area contributed by atoms with Crippen LogP contribution in [0.5, 0.6) is 0 Å². The summed E-state index contributed by atoms with van der Waals surface area (Å²) in [6.07, 6.45) is 3.31. The fourth-order valence-electron chi connectivity index (χ4n) is 3.90. The number of pyridine rings is 1. The van der Waals surface area contributed by atoms with E-state index in [-0.39, 0.29) is 12.2 Å². The fourth-order valence-corrected chi connectivity index (χ4v) is 4.66. The second-order valence-electron chi connectivity index (χ2n) is 8.30. The minimum Gasteiger partial charge on any atom is -0.365 e. The van der Waals surface area contributed by atoms with E-state index >= 15 is 0 Å². The van der Waals surface area contributed by atoms with E-state index in [1.807, 2.05) is 30.3 Å². The molecule has 0 atom stereocenters. The van der Waals surface area contributed by atoms with Crippen molar-refractivity contribution in [3.05, 3.63) is 64.9 Å². The number of carbonyl (C=O) groups is 2. The Morgan fingerprint density at radius 2 is 1.85 bits per heavy atom. The van der Waals surface area contributed by atoms with E-state index in [0.29, 0.717) is 26.7 Å². The summed E-state index contributed by atoms with van der Waals surface area (Å²) >= 11 is 1.24. The summed E-state index contributed by atoms with van der Waals surface area (Å²) in [7, 11) is 2.10. The number of nitrogens with zero attached hydrogens (tertiary/aromatic N) is 6. The smallest absolute Gasteiger partial charge is 0.260 e. The first-order chi connectivity index (χ1) is 16.5. The summed E-state index contributed by atoms with van der Waals surface area (Å²) < 4.78 is 0. The first-order valence-corrected chi connectivity index (χ1v) is 11.7. The standard InChI is InChI=1S/C24H23N7O2S/c1-30-6-8-31(9-7-30)22-12-15(4-5-26-22)20(32)13-18-11-17-10-16(2-3-19(17)29-28-18)24-27-14-21(34-24)23(25)33/h2-5,10-12,14H,6-9,13H2,1H3,(H2,25,33). The molecule has 1 saturated heterocycles. The summed E-state index contributed by atoms with van der Waals surface area (Å²) in [4.78, 5) is 38.0. The number of amides is 1. The molecule has 172 valence electrons. The molecule has 4 heterocycles. The zero-order valence-corrected chi connectivity index (χ0v) is 19.5. The van der Waals surface area contributed by atoms with Crippen molar-refractivity contribution in [3.63, 3.8) is 0 Å². The third-order valence-electron chi connectivity index (χ3n) is 5.87. The number of nitrogens with two attached hydrogens (primary N) is 1. The number of hydrogen-bond donors (Lipinski definition) is 1. The number of ketones is 1. The zero-order chi connectivity index (χ0) is 23.7. The Bertz CT molecular complexity index is 1380. The molecule has 3 aromatic heterocycles. The van der Waals surface area contributed by atoms with Gasteiger partial charge in [-0.3, -0.25) is 9.59 Å². The van der Waals surface area contributed by atoms with Crippen molar-refractivity contribution in [1.82, 2.24) is 25.1 Å². The molecule has 5 rings (SSSR count). The SMILES string of the molecule is CN1CCN(c2cc(C(=O)Cc3cc4cc(-c5ncc(C(N)=O)s5)ccc4nn3)ccn2)CC1. The summed E-state index contributed by atoms with van der Waals surface area (Å²) in [5.41, 5.74) is 8.10. The lowest BCUT2D eigenvalue weighted by Crippen LogP contribution is -2.44. The van der Waals surface area contributed by atoms with Gasteiger partial charge in [0.1, 0.15) is 15.7 Å². The van der Waals surface area contributed by atoms with Gasteiger partial charge in [-0.15, -0.1) is 11.3 Å². The average Bonchev–Trinajstić information content (AvgIpc) is 3.35. The van der Waals surface area contributed by atoms with Crippen LogP contribution in [0, 0.1) is 0 Å². The minimum absolute atomic E-state index is 0.0337. The lowest BCUT2D eigenvalue weighted by atomic mass is 10.1. The molecular formula is C24H23N7O2S. The fraction of sp³-hybridized carbons (Fsp3) is 0.250. The van der Waals surface area contributed by atoms with Crippen LogP contribution in [-0.4, -0.2) is 70.0 Å². The highest BCUT2D eigenvalue weighted by molar-refractivity contribution is 7.16. The number of likely N-dealkylation sites (N-methyl/N-ethyl adjacent to an activating group) is 1. The molecule has 2 N–H and O–H groups in total. The number of primary amides is 1. The molecule has 34 heavy (non-hydrogen) atoms. The lowest BCUT2D eigenvalue weighted by molar-refractivity contribution is 0.0987. The number of anilines is 1. The number of piperazine rings is 1. The number of aromatic nitrogens is 4. The van der Waals surface area contributed by atoms with Gasteiger partial charge in [-0.1, -0.05) is 0 Å². The van der Waals surface area contributed by atoms with Crippen molar-refractivity contribution < 1.29 is 9.59 Å². The van der Waals surface area contributed by atoms with E-state index in [0.717, 1.165) is 42.9 Å². The second-order valence-corrected chi connectivity index (χ2v) is 9.33. The van der Waals surface area contributed by atoms with Gasteiger partial charge in [0.25, 0.3) is 5.91 Å². The Balaban J connectivity index is 1.35. The molecule has 1 aliphatic rings. The summed E-state index contributed by atoms with van der Waals surface area (Å²) in [5.74, 6) is 0.295. The maximum absolute atomic E-state index is 13.0. The molecule has 1 fully saturated rings. The van der Waals surface area contributed by atoms with Gasteiger partial charge in [0.05, 0.1) is 23.8 Å². The molecule has 0 spiro atoms. The molecule has 0 bridgehead atoms. The summed E-state index contributed by atoms with van der Waals surface area (Å²) in [6.45, 7) is 3.72. The number of hydrogen-bond acceptors (Lipinski definition) is 9. The third-order valence-corrected chi connectivity index (χ3v) is 6.93. The highest BCUT2D eigenvalue weighted by Crippen LogP contribution is 2.28. The van der Waals surface area contributed by atoms with E-state index < -0.39 is 5.91 Å². The van der Waals surface area contributed by atoms with Crippen LogP contribution in [0.15, 0.2) is 48.8 Å². The predicted octanol–water partition coefficient (Wildman–Crippen LogP) is 2.42. The van der Waals surface area contributed by atoms with Crippen LogP contribution < -0.4 is 10.6 Å².